The summed E-state index contributed by atoms with van der Waals surface area (Å²) in [5.74, 6) is 1.01. The number of carbonyl (C=O) groups excluding carboxylic acids is 1. The van der Waals surface area contributed by atoms with Crippen LogP contribution in [0.15, 0.2) is 22.1 Å². The van der Waals surface area contributed by atoms with Crippen LogP contribution < -0.4 is 0 Å². The second-order valence-electron chi connectivity index (χ2n) is 3.59. The Hall–Kier alpha value is -1.46. The maximum absolute atomic E-state index is 10.4. The van der Waals surface area contributed by atoms with Gasteiger partial charge in [-0.2, -0.15) is 0 Å². The number of aryl methyl sites for hydroxylation is 1. The van der Waals surface area contributed by atoms with Gasteiger partial charge in [-0.05, 0) is 19.1 Å². The Balaban J connectivity index is 1.73. The van der Waals surface area contributed by atoms with E-state index in [2.05, 4.69) is 4.98 Å². The largest absolute Gasteiger partial charge is 0.456 e. The zero-order chi connectivity index (χ0) is 12.1. The van der Waals surface area contributed by atoms with Crippen molar-refractivity contribution in [3.8, 4) is 0 Å². The summed E-state index contributed by atoms with van der Waals surface area (Å²) in [4.78, 5) is 15.8. The summed E-state index contributed by atoms with van der Waals surface area (Å²) in [6.07, 6.45) is 1.54. The van der Waals surface area contributed by atoms with E-state index in [4.69, 9.17) is 9.15 Å². The number of thiazole rings is 1. The Labute approximate surface area is 103 Å². The van der Waals surface area contributed by atoms with Crippen LogP contribution in [0.4, 0.5) is 0 Å². The molecule has 2 aromatic rings. The molecule has 0 amide bonds. The average molecular weight is 251 g/mol. The highest BCUT2D eigenvalue weighted by Gasteiger charge is 2.03. The molecule has 5 heteroatoms. The molecule has 0 aliphatic carbocycles. The number of nitrogens with zero attached hydrogens (tertiary/aromatic N) is 1. The molecule has 17 heavy (non-hydrogen) atoms. The van der Waals surface area contributed by atoms with E-state index in [9.17, 15) is 4.79 Å². The van der Waals surface area contributed by atoms with Crippen molar-refractivity contribution in [2.24, 2.45) is 0 Å². The minimum atomic E-state index is 0.335. The fourth-order valence-corrected chi connectivity index (χ4v) is 2.20. The Morgan fingerprint density at radius 1 is 1.53 bits per heavy atom. The quantitative estimate of drug-likeness (QED) is 0.585. The number of furan rings is 1. The molecule has 0 N–H and O–H groups in total. The van der Waals surface area contributed by atoms with E-state index in [1.54, 1.807) is 23.5 Å². The molecule has 0 aliphatic heterocycles. The molecule has 0 bridgehead atoms. The van der Waals surface area contributed by atoms with E-state index in [1.807, 2.05) is 12.4 Å². The Bertz CT molecular complexity index is 489. The standard InChI is InChI=1S/C12H13NO3S/c1-9-12(17-8-13-9)4-5-15-7-11-3-2-10(6-14)16-11/h2-3,6,8H,4-5,7H2,1H3. The van der Waals surface area contributed by atoms with Crippen molar-refractivity contribution in [2.75, 3.05) is 6.61 Å². The highest BCUT2D eigenvalue weighted by atomic mass is 32.1. The summed E-state index contributed by atoms with van der Waals surface area (Å²) in [7, 11) is 0. The van der Waals surface area contributed by atoms with Gasteiger partial charge < -0.3 is 9.15 Å². The molecule has 0 spiro atoms. The normalized spacial score (nSPS) is 10.6. The first-order chi connectivity index (χ1) is 8.29. The van der Waals surface area contributed by atoms with Crippen LogP contribution in [0.1, 0.15) is 26.9 Å². The zero-order valence-corrected chi connectivity index (χ0v) is 10.3. The molecule has 0 saturated carbocycles. The maximum atomic E-state index is 10.4. The molecule has 4 nitrogen and oxygen atoms in total. The number of hydrogen-bond donors (Lipinski definition) is 0. The number of aromatic nitrogens is 1. The van der Waals surface area contributed by atoms with Crippen LogP contribution in [-0.2, 0) is 17.8 Å². The number of rotatable bonds is 6. The van der Waals surface area contributed by atoms with Gasteiger partial charge >= 0.3 is 0 Å². The molecule has 0 unspecified atom stereocenters. The van der Waals surface area contributed by atoms with Crippen molar-refractivity contribution in [2.45, 2.75) is 20.0 Å². The molecule has 0 fully saturated rings. The van der Waals surface area contributed by atoms with Crippen LogP contribution in [0.2, 0.25) is 0 Å². The summed E-state index contributed by atoms with van der Waals surface area (Å²) >= 11 is 1.64. The monoisotopic (exact) mass is 251 g/mol. The van der Waals surface area contributed by atoms with Gasteiger partial charge in [-0.15, -0.1) is 11.3 Å². The molecule has 90 valence electrons. The smallest absolute Gasteiger partial charge is 0.185 e. The lowest BCUT2D eigenvalue weighted by Crippen LogP contribution is -1.98. The van der Waals surface area contributed by atoms with Crippen molar-refractivity contribution < 1.29 is 13.9 Å². The number of aldehydes is 1. The summed E-state index contributed by atoms with van der Waals surface area (Å²) < 4.78 is 10.7. The minimum Gasteiger partial charge on any atom is -0.456 e. The van der Waals surface area contributed by atoms with E-state index >= 15 is 0 Å². The van der Waals surface area contributed by atoms with Crippen molar-refractivity contribution >= 4 is 17.6 Å². The molecule has 0 aliphatic rings. The van der Waals surface area contributed by atoms with Crippen LogP contribution in [0.25, 0.3) is 0 Å². The lowest BCUT2D eigenvalue weighted by molar-refractivity contribution is 0.103. The number of hydrogen-bond acceptors (Lipinski definition) is 5. The lowest BCUT2D eigenvalue weighted by atomic mass is 10.3. The van der Waals surface area contributed by atoms with Crippen molar-refractivity contribution in [3.63, 3.8) is 0 Å². The van der Waals surface area contributed by atoms with Crippen LogP contribution in [-0.4, -0.2) is 17.9 Å². The third-order valence-electron chi connectivity index (χ3n) is 2.36. The van der Waals surface area contributed by atoms with Gasteiger partial charge in [-0.1, -0.05) is 0 Å². The predicted octanol–water partition coefficient (Wildman–Crippen LogP) is 2.62. The van der Waals surface area contributed by atoms with Gasteiger partial charge in [0.2, 0.25) is 0 Å². The van der Waals surface area contributed by atoms with Crippen LogP contribution in [0, 0.1) is 6.92 Å². The van der Waals surface area contributed by atoms with E-state index in [0.29, 0.717) is 31.0 Å². The lowest BCUT2D eigenvalue weighted by Gasteiger charge is -2.01. The molecule has 0 saturated heterocycles. The van der Waals surface area contributed by atoms with Gasteiger partial charge in [-0.25, -0.2) is 4.98 Å². The molecule has 2 heterocycles. The van der Waals surface area contributed by atoms with Crippen molar-refractivity contribution in [1.29, 1.82) is 0 Å². The topological polar surface area (TPSA) is 52.3 Å². The van der Waals surface area contributed by atoms with Gasteiger partial charge in [0.15, 0.2) is 12.0 Å². The van der Waals surface area contributed by atoms with Gasteiger partial charge in [0.1, 0.15) is 12.4 Å². The highest BCUT2D eigenvalue weighted by Crippen LogP contribution is 2.13. The third-order valence-corrected chi connectivity index (χ3v) is 3.36. The molecule has 0 radical (unpaired) electrons. The van der Waals surface area contributed by atoms with Gasteiger partial charge in [0.05, 0.1) is 17.8 Å². The van der Waals surface area contributed by atoms with Gasteiger partial charge in [0, 0.05) is 11.3 Å². The minimum absolute atomic E-state index is 0.335. The summed E-state index contributed by atoms with van der Waals surface area (Å²) in [5.41, 5.74) is 2.91. The van der Waals surface area contributed by atoms with E-state index in [1.165, 1.54) is 4.88 Å². The maximum Gasteiger partial charge on any atom is 0.185 e. The Kier molecular flexibility index (Phi) is 4.06. The molecule has 2 rings (SSSR count). The molecule has 2 aromatic heterocycles. The first kappa shape index (κ1) is 12.0. The number of ether oxygens (including phenoxy) is 1. The molecule has 0 atom stereocenters. The number of carbonyl (C=O) groups is 1. The summed E-state index contributed by atoms with van der Waals surface area (Å²) in [5, 5.41) is 0. The Morgan fingerprint density at radius 3 is 3.06 bits per heavy atom. The summed E-state index contributed by atoms with van der Waals surface area (Å²) in [6, 6.07) is 3.39. The fraction of sp³-hybridized carbons (Fsp3) is 0.333. The second-order valence-corrected chi connectivity index (χ2v) is 4.52. The zero-order valence-electron chi connectivity index (χ0n) is 9.51. The molecule has 0 aromatic carbocycles. The van der Waals surface area contributed by atoms with E-state index in [0.717, 1.165) is 12.1 Å². The van der Waals surface area contributed by atoms with Crippen molar-refractivity contribution in [3.05, 3.63) is 39.7 Å². The first-order valence-corrected chi connectivity index (χ1v) is 6.18. The van der Waals surface area contributed by atoms with Gasteiger partial charge in [0.25, 0.3) is 0 Å². The van der Waals surface area contributed by atoms with Gasteiger partial charge in [-0.3, -0.25) is 4.79 Å². The average Bonchev–Trinajstić information content (AvgIpc) is 2.94. The highest BCUT2D eigenvalue weighted by molar-refractivity contribution is 7.09. The molecular weight excluding hydrogens is 238 g/mol. The second kappa shape index (κ2) is 5.75. The first-order valence-electron chi connectivity index (χ1n) is 5.30. The van der Waals surface area contributed by atoms with Crippen LogP contribution in [0.5, 0.6) is 0 Å². The van der Waals surface area contributed by atoms with E-state index < -0.39 is 0 Å². The predicted molar refractivity (Wildman–Crippen MR) is 64.3 cm³/mol. The van der Waals surface area contributed by atoms with Crippen LogP contribution >= 0.6 is 11.3 Å². The fourth-order valence-electron chi connectivity index (χ4n) is 1.44. The van der Waals surface area contributed by atoms with Crippen molar-refractivity contribution in [1.82, 2.24) is 4.98 Å². The SMILES string of the molecule is Cc1ncsc1CCOCc1ccc(C=O)o1. The summed E-state index contributed by atoms with van der Waals surface area (Å²) in [6.45, 7) is 3.01. The van der Waals surface area contributed by atoms with E-state index in [-0.39, 0.29) is 0 Å². The molecular formula is C12H13NO3S. The third kappa shape index (κ3) is 3.25. The van der Waals surface area contributed by atoms with Crippen LogP contribution in [0.3, 0.4) is 0 Å². The Morgan fingerprint density at radius 2 is 2.41 bits per heavy atom.